The van der Waals surface area contributed by atoms with E-state index in [0.29, 0.717) is 16.5 Å². The van der Waals surface area contributed by atoms with Gasteiger partial charge in [-0.3, -0.25) is 9.59 Å². The molecule has 0 aliphatic rings. The molecule has 1 amide bonds. The van der Waals surface area contributed by atoms with E-state index in [-0.39, 0.29) is 11.3 Å². The quantitative estimate of drug-likeness (QED) is 0.604. The molecule has 0 radical (unpaired) electrons. The van der Waals surface area contributed by atoms with Crippen LogP contribution in [-0.2, 0) is 26.0 Å². The Bertz CT molecular complexity index is 1230. The van der Waals surface area contributed by atoms with Crippen molar-refractivity contribution in [1.82, 2.24) is 4.72 Å². The summed E-state index contributed by atoms with van der Waals surface area (Å²) in [6.45, 7) is 0. The van der Waals surface area contributed by atoms with Crippen LogP contribution in [0.25, 0.3) is 10.8 Å². The molecule has 0 heterocycles. The Balaban J connectivity index is 1.82. The lowest BCUT2D eigenvalue weighted by molar-refractivity contribution is -0.146. The van der Waals surface area contributed by atoms with Gasteiger partial charge in [0.25, 0.3) is 10.0 Å². The van der Waals surface area contributed by atoms with E-state index in [1.807, 2.05) is 22.9 Å². The summed E-state index contributed by atoms with van der Waals surface area (Å²) in [5.41, 5.74) is 0.888. The maximum absolute atomic E-state index is 12.6. The highest BCUT2D eigenvalue weighted by molar-refractivity contribution is 7.90. The van der Waals surface area contributed by atoms with Crippen LogP contribution in [0, 0.1) is 17.2 Å². The van der Waals surface area contributed by atoms with Gasteiger partial charge in [0.2, 0.25) is 5.91 Å². The summed E-state index contributed by atoms with van der Waals surface area (Å²) in [4.78, 5) is 23.9. The van der Waals surface area contributed by atoms with Gasteiger partial charge in [0.1, 0.15) is 5.92 Å². The molecule has 2 N–H and O–H groups in total. The number of nitrogens with zero attached hydrogens (tertiary/aromatic N) is 1. The molecule has 0 spiro atoms. The fourth-order valence-electron chi connectivity index (χ4n) is 2.84. The second kappa shape index (κ2) is 8.12. The Morgan fingerprint density at radius 1 is 1.00 bits per heavy atom. The molecular weight excluding hydrogens is 392 g/mol. The van der Waals surface area contributed by atoms with Crippen molar-refractivity contribution in [1.29, 1.82) is 5.26 Å². The van der Waals surface area contributed by atoms with E-state index in [4.69, 9.17) is 5.26 Å². The molecule has 1 unspecified atom stereocenters. The average Bonchev–Trinajstić information content (AvgIpc) is 2.71. The number of amides is 1. The molecule has 0 aromatic heterocycles. The lowest BCUT2D eigenvalue weighted by Crippen LogP contribution is -2.40. The minimum absolute atomic E-state index is 0.132. The van der Waals surface area contributed by atoms with Crippen LogP contribution in [0.2, 0.25) is 0 Å². The van der Waals surface area contributed by atoms with Crippen molar-refractivity contribution in [3.8, 4) is 6.07 Å². The zero-order valence-corrected chi connectivity index (χ0v) is 15.9. The zero-order valence-electron chi connectivity index (χ0n) is 15.1. The van der Waals surface area contributed by atoms with Crippen LogP contribution in [0.1, 0.15) is 11.1 Å². The Labute approximate surface area is 167 Å². The SMILES string of the molecule is N#Cc1ccc(CC(C(=O)O)C(=O)NS(=O)(=O)c2ccc3ccccc3c2)cc1. The predicted molar refractivity (Wildman–Crippen MR) is 105 cm³/mol. The number of carbonyl (C=O) groups is 2. The first kappa shape index (κ1) is 20.0. The number of hydrogen-bond acceptors (Lipinski definition) is 5. The van der Waals surface area contributed by atoms with Gasteiger partial charge in [0.05, 0.1) is 16.5 Å². The van der Waals surface area contributed by atoms with Crippen molar-refractivity contribution in [2.24, 2.45) is 5.92 Å². The molecular formula is C21H16N2O5S. The molecule has 3 rings (SSSR count). The third kappa shape index (κ3) is 4.59. The number of benzene rings is 3. The molecule has 146 valence electrons. The highest BCUT2D eigenvalue weighted by Crippen LogP contribution is 2.19. The summed E-state index contributed by atoms with van der Waals surface area (Å²) in [5.74, 6) is -4.17. The molecule has 3 aromatic rings. The van der Waals surface area contributed by atoms with E-state index in [0.717, 1.165) is 5.39 Å². The molecule has 8 heteroatoms. The maximum atomic E-state index is 12.6. The van der Waals surface area contributed by atoms with Crippen molar-refractivity contribution < 1.29 is 23.1 Å². The van der Waals surface area contributed by atoms with E-state index in [2.05, 4.69) is 0 Å². The molecule has 3 aromatic carbocycles. The Kier molecular flexibility index (Phi) is 5.61. The van der Waals surface area contributed by atoms with Crippen molar-refractivity contribution in [2.45, 2.75) is 11.3 Å². The normalized spacial score (nSPS) is 12.1. The summed E-state index contributed by atoms with van der Waals surface area (Å²) < 4.78 is 27.0. The molecule has 0 saturated heterocycles. The second-order valence-corrected chi connectivity index (χ2v) is 8.06. The first-order valence-electron chi connectivity index (χ1n) is 8.57. The number of nitriles is 1. The number of nitrogens with one attached hydrogen (secondary N) is 1. The highest BCUT2D eigenvalue weighted by Gasteiger charge is 2.30. The molecule has 0 fully saturated rings. The number of carboxylic acid groups (broad SMARTS) is 1. The third-order valence-electron chi connectivity index (χ3n) is 4.40. The molecule has 0 aliphatic heterocycles. The zero-order chi connectivity index (χ0) is 21.0. The van der Waals surface area contributed by atoms with Crippen LogP contribution in [0.3, 0.4) is 0 Å². The van der Waals surface area contributed by atoms with Gasteiger partial charge in [-0.1, -0.05) is 42.5 Å². The van der Waals surface area contributed by atoms with E-state index >= 15 is 0 Å². The van der Waals surface area contributed by atoms with Gasteiger partial charge in [-0.2, -0.15) is 5.26 Å². The first-order valence-corrected chi connectivity index (χ1v) is 10.1. The molecule has 1 atom stereocenters. The second-order valence-electron chi connectivity index (χ2n) is 6.38. The fourth-order valence-corrected chi connectivity index (χ4v) is 3.89. The Morgan fingerprint density at radius 3 is 2.28 bits per heavy atom. The van der Waals surface area contributed by atoms with Crippen LogP contribution in [0.5, 0.6) is 0 Å². The number of carboxylic acids is 1. The third-order valence-corrected chi connectivity index (χ3v) is 5.75. The van der Waals surface area contributed by atoms with Gasteiger partial charge in [0, 0.05) is 0 Å². The molecule has 29 heavy (non-hydrogen) atoms. The summed E-state index contributed by atoms with van der Waals surface area (Å²) in [6, 6.07) is 19.5. The van der Waals surface area contributed by atoms with Crippen molar-refractivity contribution in [2.75, 3.05) is 0 Å². The Morgan fingerprint density at radius 2 is 1.66 bits per heavy atom. The van der Waals surface area contributed by atoms with Gasteiger partial charge >= 0.3 is 5.97 Å². The number of rotatable bonds is 6. The number of carbonyl (C=O) groups excluding carboxylic acids is 1. The highest BCUT2D eigenvalue weighted by atomic mass is 32.2. The van der Waals surface area contributed by atoms with Crippen LogP contribution in [0.4, 0.5) is 0 Å². The first-order chi connectivity index (χ1) is 13.8. The average molecular weight is 408 g/mol. The largest absolute Gasteiger partial charge is 0.481 e. The summed E-state index contributed by atoms with van der Waals surface area (Å²) >= 11 is 0. The number of sulfonamides is 1. The van der Waals surface area contributed by atoms with Crippen LogP contribution >= 0.6 is 0 Å². The summed E-state index contributed by atoms with van der Waals surface area (Å²) in [7, 11) is -4.24. The van der Waals surface area contributed by atoms with Crippen LogP contribution in [0.15, 0.2) is 71.6 Å². The lowest BCUT2D eigenvalue weighted by atomic mass is 9.98. The standard InChI is InChI=1S/C21H16N2O5S/c22-13-15-7-5-14(6-8-15)11-19(21(25)26)20(24)23-29(27,28)18-10-9-16-3-1-2-4-17(16)12-18/h1-10,12,19H,11H2,(H,23,24)(H,25,26). The van der Waals surface area contributed by atoms with E-state index in [9.17, 15) is 23.1 Å². The molecule has 0 saturated carbocycles. The van der Waals surface area contributed by atoms with E-state index in [1.54, 1.807) is 18.2 Å². The number of fused-ring (bicyclic) bond motifs is 1. The topological polar surface area (TPSA) is 124 Å². The molecule has 0 bridgehead atoms. The van der Waals surface area contributed by atoms with Gasteiger partial charge in [0.15, 0.2) is 0 Å². The van der Waals surface area contributed by atoms with Crippen molar-refractivity contribution in [3.63, 3.8) is 0 Å². The smallest absolute Gasteiger partial charge is 0.316 e. The predicted octanol–water partition coefficient (Wildman–Crippen LogP) is 2.46. The molecule has 0 aliphatic carbocycles. The van der Waals surface area contributed by atoms with Crippen LogP contribution < -0.4 is 4.72 Å². The Hall–Kier alpha value is -3.70. The van der Waals surface area contributed by atoms with Gasteiger partial charge in [-0.05, 0) is 47.0 Å². The van der Waals surface area contributed by atoms with E-state index in [1.165, 1.54) is 36.4 Å². The monoisotopic (exact) mass is 408 g/mol. The minimum atomic E-state index is -4.24. The fraction of sp³-hybridized carbons (Fsp3) is 0.0952. The summed E-state index contributed by atoms with van der Waals surface area (Å²) in [5, 5.41) is 19.7. The minimum Gasteiger partial charge on any atom is -0.481 e. The lowest BCUT2D eigenvalue weighted by Gasteiger charge is -2.14. The number of hydrogen-bond donors (Lipinski definition) is 2. The number of aliphatic carboxylic acids is 1. The van der Waals surface area contributed by atoms with Crippen molar-refractivity contribution in [3.05, 3.63) is 77.9 Å². The van der Waals surface area contributed by atoms with Gasteiger partial charge in [-0.25, -0.2) is 13.1 Å². The summed E-state index contributed by atoms with van der Waals surface area (Å²) in [6.07, 6.45) is -0.208. The van der Waals surface area contributed by atoms with Gasteiger partial charge < -0.3 is 5.11 Å². The molecule has 7 nitrogen and oxygen atoms in total. The maximum Gasteiger partial charge on any atom is 0.316 e. The van der Waals surface area contributed by atoms with Crippen molar-refractivity contribution >= 4 is 32.7 Å². The van der Waals surface area contributed by atoms with Gasteiger partial charge in [-0.15, -0.1) is 0 Å². The van der Waals surface area contributed by atoms with E-state index < -0.39 is 27.8 Å². The van der Waals surface area contributed by atoms with Crippen LogP contribution in [-0.4, -0.2) is 25.4 Å².